The van der Waals surface area contributed by atoms with Gasteiger partial charge in [-0.15, -0.1) is 0 Å². The molecular weight excluding hydrogens is 504 g/mol. The molecule has 0 aromatic carbocycles. The van der Waals surface area contributed by atoms with E-state index in [0.717, 1.165) is 12.4 Å². The second-order valence-electron chi connectivity index (χ2n) is 8.30. The summed E-state index contributed by atoms with van der Waals surface area (Å²) in [7, 11) is 0. The number of rotatable bonds is 3. The summed E-state index contributed by atoms with van der Waals surface area (Å²) in [6.07, 6.45) is -8.43. The van der Waals surface area contributed by atoms with Gasteiger partial charge in [-0.05, 0) is 25.0 Å². The number of amidine groups is 1. The predicted molar refractivity (Wildman–Crippen MR) is 111 cm³/mol. The first-order chi connectivity index (χ1) is 16.6. The van der Waals surface area contributed by atoms with Gasteiger partial charge in [0.2, 0.25) is 17.7 Å². The van der Waals surface area contributed by atoms with Crippen molar-refractivity contribution in [2.75, 3.05) is 5.32 Å². The van der Waals surface area contributed by atoms with Crippen molar-refractivity contribution in [1.29, 1.82) is 0 Å². The van der Waals surface area contributed by atoms with Crippen molar-refractivity contribution in [3.8, 4) is 0 Å². The van der Waals surface area contributed by atoms with Crippen molar-refractivity contribution in [2.24, 2.45) is 21.6 Å². The lowest BCUT2D eigenvalue weighted by atomic mass is 9.82. The van der Waals surface area contributed by atoms with Crippen LogP contribution < -0.4 is 16.4 Å². The summed E-state index contributed by atoms with van der Waals surface area (Å²) in [5, 5.41) is 5.12. The number of halogens is 8. The van der Waals surface area contributed by atoms with E-state index in [1.807, 2.05) is 0 Å². The molecule has 1 aliphatic heterocycles. The molecule has 3 heterocycles. The van der Waals surface area contributed by atoms with Crippen LogP contribution in [0, 0.1) is 5.92 Å². The van der Waals surface area contributed by atoms with Crippen molar-refractivity contribution in [1.82, 2.24) is 20.3 Å². The van der Waals surface area contributed by atoms with E-state index in [0.29, 0.717) is 12.3 Å². The van der Waals surface area contributed by atoms with Crippen LogP contribution >= 0.6 is 0 Å². The van der Waals surface area contributed by atoms with Gasteiger partial charge >= 0.3 is 12.4 Å². The average Bonchev–Trinajstić information content (AvgIpc) is 2.78. The number of hydrogen-bond acceptors (Lipinski definition) is 8. The first-order valence-electron chi connectivity index (χ1n) is 10.5. The van der Waals surface area contributed by atoms with E-state index >= 15 is 0 Å². The molecule has 8 nitrogen and oxygen atoms in total. The van der Waals surface area contributed by atoms with Gasteiger partial charge in [0.1, 0.15) is 11.4 Å². The normalized spacial score (nSPS) is 22.9. The number of nitrogens with one attached hydrogen (secondary N) is 2. The van der Waals surface area contributed by atoms with E-state index in [9.17, 15) is 35.1 Å². The van der Waals surface area contributed by atoms with Crippen LogP contribution in [-0.2, 0) is 12.4 Å². The molecule has 1 atom stereocenters. The Bertz CT molecular complexity index is 1180. The van der Waals surface area contributed by atoms with Gasteiger partial charge < -0.3 is 10.6 Å². The zero-order chi connectivity index (χ0) is 26.4. The molecule has 0 spiro atoms. The summed E-state index contributed by atoms with van der Waals surface area (Å²) in [6, 6.07) is 1.87. The fourth-order valence-electron chi connectivity index (χ4n) is 3.80. The quantitative estimate of drug-likeness (QED) is 0.522. The van der Waals surface area contributed by atoms with E-state index in [1.54, 1.807) is 0 Å². The fraction of sp³-hybridized carbons (Fsp3) is 0.450. The highest BCUT2D eigenvalue weighted by molar-refractivity contribution is 6.12. The van der Waals surface area contributed by atoms with Gasteiger partial charge in [0.25, 0.3) is 0 Å². The third-order valence-corrected chi connectivity index (χ3v) is 5.62. The van der Waals surface area contributed by atoms with Crippen molar-refractivity contribution < 1.29 is 35.1 Å². The fourth-order valence-corrected chi connectivity index (χ4v) is 3.80. The molecule has 2 aromatic heterocycles. The highest BCUT2D eigenvalue weighted by Gasteiger charge is 2.45. The second-order valence-corrected chi connectivity index (χ2v) is 8.30. The van der Waals surface area contributed by atoms with Crippen LogP contribution in [0.15, 0.2) is 40.7 Å². The number of hydrogen-bond donors (Lipinski definition) is 3. The summed E-state index contributed by atoms with van der Waals surface area (Å²) >= 11 is 0. The zero-order valence-electron chi connectivity index (χ0n) is 18.1. The number of pyridine rings is 1. The molecule has 4 rings (SSSR count). The Hall–Kier alpha value is -3.43. The van der Waals surface area contributed by atoms with Crippen LogP contribution in [0.3, 0.4) is 0 Å². The lowest BCUT2D eigenvalue weighted by molar-refractivity contribution is -0.142. The average molecular weight is 522 g/mol. The van der Waals surface area contributed by atoms with Crippen molar-refractivity contribution in [2.45, 2.75) is 49.7 Å². The molecule has 16 heteroatoms. The number of anilines is 1. The molecule has 36 heavy (non-hydrogen) atoms. The van der Waals surface area contributed by atoms with Gasteiger partial charge in [0.05, 0.1) is 12.4 Å². The number of nitrogens with two attached hydrogens (primary N) is 1. The van der Waals surface area contributed by atoms with Crippen LogP contribution in [0.2, 0.25) is 0 Å². The zero-order valence-corrected chi connectivity index (χ0v) is 18.1. The van der Waals surface area contributed by atoms with Crippen molar-refractivity contribution in [3.05, 3.63) is 47.8 Å². The molecule has 1 aliphatic carbocycles. The van der Waals surface area contributed by atoms with Crippen LogP contribution in [0.5, 0.6) is 0 Å². The topological polar surface area (TPSA) is 113 Å². The molecule has 0 saturated heterocycles. The summed E-state index contributed by atoms with van der Waals surface area (Å²) in [5.74, 6) is -6.17. The van der Waals surface area contributed by atoms with Gasteiger partial charge in [-0.3, -0.25) is 15.7 Å². The second kappa shape index (κ2) is 8.90. The minimum atomic E-state index is -4.83. The Morgan fingerprint density at radius 2 is 1.64 bits per heavy atom. The predicted octanol–water partition coefficient (Wildman–Crippen LogP) is 4.17. The summed E-state index contributed by atoms with van der Waals surface area (Å²) in [6.45, 7) is 0. The third-order valence-electron chi connectivity index (χ3n) is 5.62. The number of alkyl halides is 8. The van der Waals surface area contributed by atoms with E-state index in [2.05, 4.69) is 35.6 Å². The van der Waals surface area contributed by atoms with Crippen LogP contribution in [0.1, 0.15) is 42.8 Å². The maximum atomic E-state index is 13.7. The molecule has 2 aromatic rings. The molecule has 0 bridgehead atoms. The van der Waals surface area contributed by atoms with Gasteiger partial charge in [0.15, 0.2) is 11.5 Å². The smallest absolute Gasteiger partial charge is 0.326 e. The Morgan fingerprint density at radius 3 is 2.28 bits per heavy atom. The molecule has 0 amide bonds. The SMILES string of the molecule is NC1(C2CCC(F)(F)CC2)N=C(Nc2ccnc(C(F)(F)F)c2)NC(c2cncc(C(F)(F)F)n2)=N1. The number of guanidine groups is 1. The summed E-state index contributed by atoms with van der Waals surface area (Å²) in [5.41, 5.74) is 3.30. The van der Waals surface area contributed by atoms with Crippen LogP contribution in [-0.4, -0.2) is 38.5 Å². The van der Waals surface area contributed by atoms with Gasteiger partial charge in [-0.2, -0.15) is 26.3 Å². The van der Waals surface area contributed by atoms with Crippen LogP contribution in [0.4, 0.5) is 40.8 Å². The van der Waals surface area contributed by atoms with Crippen molar-refractivity contribution in [3.63, 3.8) is 0 Å². The largest absolute Gasteiger partial charge is 0.434 e. The lowest BCUT2D eigenvalue weighted by Gasteiger charge is -2.38. The van der Waals surface area contributed by atoms with Gasteiger partial charge in [0, 0.05) is 30.6 Å². The molecule has 1 unspecified atom stereocenters. The highest BCUT2D eigenvalue weighted by Crippen LogP contribution is 2.41. The lowest BCUT2D eigenvalue weighted by Crippen LogP contribution is -2.54. The van der Waals surface area contributed by atoms with Crippen molar-refractivity contribution >= 4 is 17.5 Å². The maximum Gasteiger partial charge on any atom is 0.434 e. The van der Waals surface area contributed by atoms with Gasteiger partial charge in [-0.25, -0.2) is 23.7 Å². The first kappa shape index (κ1) is 25.7. The van der Waals surface area contributed by atoms with Gasteiger partial charge in [-0.1, -0.05) is 0 Å². The van der Waals surface area contributed by atoms with E-state index in [1.165, 1.54) is 6.07 Å². The van der Waals surface area contributed by atoms with E-state index in [4.69, 9.17) is 5.73 Å². The summed E-state index contributed by atoms with van der Waals surface area (Å²) in [4.78, 5) is 18.6. The first-order valence-corrected chi connectivity index (χ1v) is 10.5. The Balaban J connectivity index is 1.71. The maximum absolute atomic E-state index is 13.7. The van der Waals surface area contributed by atoms with E-state index < -0.39 is 54.2 Å². The molecule has 1 saturated carbocycles. The molecule has 0 radical (unpaired) electrons. The number of aromatic nitrogens is 3. The van der Waals surface area contributed by atoms with E-state index in [-0.39, 0.29) is 36.0 Å². The summed E-state index contributed by atoms with van der Waals surface area (Å²) < 4.78 is 106. The molecular formula is C20H18F8N8. The minimum Gasteiger partial charge on any atom is -0.326 e. The Morgan fingerprint density at radius 1 is 0.972 bits per heavy atom. The number of nitrogens with zero attached hydrogens (tertiary/aromatic N) is 5. The third kappa shape index (κ3) is 5.68. The Labute approximate surface area is 198 Å². The van der Waals surface area contributed by atoms with Crippen LogP contribution in [0.25, 0.3) is 0 Å². The number of aliphatic imine (C=N–C) groups is 2. The molecule has 4 N–H and O–H groups in total. The molecule has 2 aliphatic rings. The standard InChI is InChI=1S/C20H18F8N8/c21-17(22)4-1-10(2-5-17)20(29)35-15(12-8-30-9-14(33-12)19(26,27)28)34-16(36-20)32-11-3-6-31-13(7-11)18(23,24)25/h3,6-10H,1-2,4-5,29H2,(H2,31,32,34,35,36). The minimum absolute atomic E-state index is 0.0984. The highest BCUT2D eigenvalue weighted by atomic mass is 19.4. The monoisotopic (exact) mass is 522 g/mol. The molecule has 1 fully saturated rings. The molecule has 194 valence electrons. The Kier molecular flexibility index (Phi) is 6.34.